The maximum absolute atomic E-state index is 12.6. The predicted octanol–water partition coefficient (Wildman–Crippen LogP) is 3.58. The lowest BCUT2D eigenvalue weighted by Crippen LogP contribution is -2.52. The Bertz CT molecular complexity index is 842. The highest BCUT2D eigenvalue weighted by Crippen LogP contribution is 2.12. The lowest BCUT2D eigenvalue weighted by molar-refractivity contribution is -0.150. The van der Waals surface area contributed by atoms with Gasteiger partial charge in [0.2, 0.25) is 5.91 Å². The number of alkyl carbamates (subject to hydrolysis) is 1. The number of hydrogen-bond donors (Lipinski definition) is 2. The standard InChI is InChI=1S/C24H30N2O5/c1-4-17(2)21(23(28)30-15-19-11-7-5-8-12-19)26-22(27)18(3)25-24(29)31-16-20-13-9-6-10-14-20/h5-14,17-18,21H,4,15-16H2,1-3H3,(H,25,29)(H,26,27). The number of carbonyl (C=O) groups is 3. The average Bonchev–Trinajstić information content (AvgIpc) is 2.80. The van der Waals surface area contributed by atoms with E-state index < -0.39 is 30.1 Å². The molecule has 2 aromatic rings. The van der Waals surface area contributed by atoms with E-state index in [4.69, 9.17) is 9.47 Å². The van der Waals surface area contributed by atoms with Crippen molar-refractivity contribution >= 4 is 18.0 Å². The summed E-state index contributed by atoms with van der Waals surface area (Å²) in [6.45, 7) is 5.55. The van der Waals surface area contributed by atoms with Gasteiger partial charge in [0.05, 0.1) is 0 Å². The van der Waals surface area contributed by atoms with Crippen molar-refractivity contribution in [2.24, 2.45) is 5.92 Å². The van der Waals surface area contributed by atoms with Gasteiger partial charge in [0.15, 0.2) is 0 Å². The number of carbonyl (C=O) groups excluding carboxylic acids is 3. The summed E-state index contributed by atoms with van der Waals surface area (Å²) >= 11 is 0. The lowest BCUT2D eigenvalue weighted by Gasteiger charge is -2.24. The van der Waals surface area contributed by atoms with Gasteiger partial charge in [0.1, 0.15) is 25.3 Å². The number of nitrogens with one attached hydrogen (secondary N) is 2. The highest BCUT2D eigenvalue weighted by Gasteiger charge is 2.29. The molecule has 0 spiro atoms. The van der Waals surface area contributed by atoms with E-state index in [2.05, 4.69) is 10.6 Å². The van der Waals surface area contributed by atoms with Crippen LogP contribution in [0.5, 0.6) is 0 Å². The molecule has 7 nitrogen and oxygen atoms in total. The lowest BCUT2D eigenvalue weighted by atomic mass is 9.99. The SMILES string of the molecule is CCC(C)C(NC(=O)C(C)NC(=O)OCc1ccccc1)C(=O)OCc1ccccc1. The number of benzene rings is 2. The number of ether oxygens (including phenoxy) is 2. The van der Waals surface area contributed by atoms with Gasteiger partial charge in [-0.3, -0.25) is 4.79 Å². The van der Waals surface area contributed by atoms with E-state index >= 15 is 0 Å². The minimum absolute atomic E-state index is 0.0995. The van der Waals surface area contributed by atoms with Gasteiger partial charge in [0, 0.05) is 0 Å². The van der Waals surface area contributed by atoms with Crippen molar-refractivity contribution in [3.8, 4) is 0 Å². The summed E-state index contributed by atoms with van der Waals surface area (Å²) in [5.74, 6) is -1.13. The Hall–Kier alpha value is -3.35. The minimum atomic E-state index is -0.878. The molecule has 0 bridgehead atoms. The zero-order valence-electron chi connectivity index (χ0n) is 18.2. The van der Waals surface area contributed by atoms with E-state index in [1.807, 2.05) is 74.5 Å². The van der Waals surface area contributed by atoms with E-state index in [0.29, 0.717) is 6.42 Å². The fourth-order valence-corrected chi connectivity index (χ4v) is 2.77. The van der Waals surface area contributed by atoms with Crippen LogP contribution in [0.15, 0.2) is 60.7 Å². The third-order valence-corrected chi connectivity index (χ3v) is 4.93. The van der Waals surface area contributed by atoms with Gasteiger partial charge in [-0.1, -0.05) is 80.9 Å². The first-order chi connectivity index (χ1) is 14.9. The van der Waals surface area contributed by atoms with Crippen molar-refractivity contribution in [3.63, 3.8) is 0 Å². The Morgan fingerprint density at radius 1 is 0.806 bits per heavy atom. The van der Waals surface area contributed by atoms with E-state index in [0.717, 1.165) is 11.1 Å². The predicted molar refractivity (Wildman–Crippen MR) is 117 cm³/mol. The normalized spacial score (nSPS) is 13.4. The third-order valence-electron chi connectivity index (χ3n) is 4.93. The molecule has 0 aliphatic carbocycles. The summed E-state index contributed by atoms with van der Waals surface area (Å²) in [7, 11) is 0. The van der Waals surface area contributed by atoms with Crippen molar-refractivity contribution in [2.45, 2.75) is 52.5 Å². The Kier molecular flexibility index (Phi) is 9.55. The molecule has 166 valence electrons. The number of rotatable bonds is 10. The molecule has 0 aliphatic rings. The van der Waals surface area contributed by atoms with Crippen LogP contribution in [-0.4, -0.2) is 30.1 Å². The van der Waals surface area contributed by atoms with E-state index in [1.54, 1.807) is 0 Å². The molecule has 0 saturated heterocycles. The Morgan fingerprint density at radius 2 is 1.32 bits per heavy atom. The monoisotopic (exact) mass is 426 g/mol. The summed E-state index contributed by atoms with van der Waals surface area (Å²) < 4.78 is 10.5. The highest BCUT2D eigenvalue weighted by molar-refractivity contribution is 5.89. The molecule has 0 heterocycles. The van der Waals surface area contributed by atoms with Crippen LogP contribution in [-0.2, 0) is 32.3 Å². The minimum Gasteiger partial charge on any atom is -0.459 e. The smallest absolute Gasteiger partial charge is 0.408 e. The van der Waals surface area contributed by atoms with E-state index in [1.165, 1.54) is 6.92 Å². The fourth-order valence-electron chi connectivity index (χ4n) is 2.77. The molecule has 0 saturated carbocycles. The maximum atomic E-state index is 12.6. The summed E-state index contributed by atoms with van der Waals surface area (Å²) in [5.41, 5.74) is 1.70. The molecule has 3 atom stereocenters. The summed E-state index contributed by atoms with van der Waals surface area (Å²) in [6.07, 6.45) is -0.0370. The van der Waals surface area contributed by atoms with Crippen LogP contribution in [0.3, 0.4) is 0 Å². The van der Waals surface area contributed by atoms with Crippen LogP contribution < -0.4 is 10.6 Å². The van der Waals surface area contributed by atoms with Gasteiger partial charge < -0.3 is 20.1 Å². The first-order valence-electron chi connectivity index (χ1n) is 10.4. The van der Waals surface area contributed by atoms with Crippen molar-refractivity contribution in [2.75, 3.05) is 0 Å². The van der Waals surface area contributed by atoms with E-state index in [9.17, 15) is 14.4 Å². The quantitative estimate of drug-likeness (QED) is 0.567. The third kappa shape index (κ3) is 8.12. The van der Waals surface area contributed by atoms with Crippen molar-refractivity contribution in [1.82, 2.24) is 10.6 Å². The zero-order valence-corrected chi connectivity index (χ0v) is 18.2. The first-order valence-corrected chi connectivity index (χ1v) is 10.4. The molecule has 2 amide bonds. The summed E-state index contributed by atoms with van der Waals surface area (Å²) in [6, 6.07) is 16.9. The second-order valence-corrected chi connectivity index (χ2v) is 7.39. The molecule has 0 fully saturated rings. The van der Waals surface area contributed by atoms with Crippen LogP contribution >= 0.6 is 0 Å². The maximum Gasteiger partial charge on any atom is 0.408 e. The topological polar surface area (TPSA) is 93.7 Å². The van der Waals surface area contributed by atoms with Gasteiger partial charge in [-0.2, -0.15) is 0 Å². The molecule has 0 radical (unpaired) electrons. The van der Waals surface area contributed by atoms with Gasteiger partial charge in [0.25, 0.3) is 0 Å². The Morgan fingerprint density at radius 3 is 1.84 bits per heavy atom. The highest BCUT2D eigenvalue weighted by atomic mass is 16.5. The van der Waals surface area contributed by atoms with Crippen LogP contribution in [0.4, 0.5) is 4.79 Å². The molecule has 0 aliphatic heterocycles. The van der Waals surface area contributed by atoms with E-state index in [-0.39, 0.29) is 19.1 Å². The van der Waals surface area contributed by atoms with Crippen LogP contribution in [0.2, 0.25) is 0 Å². The molecular formula is C24H30N2O5. The first kappa shape index (κ1) is 23.9. The van der Waals surface area contributed by atoms with Gasteiger partial charge in [-0.25, -0.2) is 9.59 Å². The molecule has 2 rings (SSSR count). The average molecular weight is 427 g/mol. The second-order valence-electron chi connectivity index (χ2n) is 7.39. The molecule has 2 aromatic carbocycles. The van der Waals surface area contributed by atoms with Gasteiger partial charge in [-0.15, -0.1) is 0 Å². The number of hydrogen-bond acceptors (Lipinski definition) is 5. The van der Waals surface area contributed by atoms with Crippen LogP contribution in [0, 0.1) is 5.92 Å². The summed E-state index contributed by atoms with van der Waals surface area (Å²) in [5, 5.41) is 5.18. The Balaban J connectivity index is 1.86. The van der Waals surface area contributed by atoms with Gasteiger partial charge >= 0.3 is 12.1 Å². The molecule has 0 aromatic heterocycles. The fraction of sp³-hybridized carbons (Fsp3) is 0.375. The molecular weight excluding hydrogens is 396 g/mol. The van der Waals surface area contributed by atoms with Crippen LogP contribution in [0.25, 0.3) is 0 Å². The van der Waals surface area contributed by atoms with Crippen molar-refractivity contribution in [1.29, 1.82) is 0 Å². The largest absolute Gasteiger partial charge is 0.459 e. The molecule has 2 N–H and O–H groups in total. The van der Waals surface area contributed by atoms with Gasteiger partial charge in [-0.05, 0) is 24.0 Å². The zero-order chi connectivity index (χ0) is 22.6. The van der Waals surface area contributed by atoms with Crippen molar-refractivity contribution in [3.05, 3.63) is 71.8 Å². The summed E-state index contributed by atoms with van der Waals surface area (Å²) in [4.78, 5) is 37.2. The number of esters is 1. The molecule has 3 unspecified atom stereocenters. The number of amides is 2. The molecule has 31 heavy (non-hydrogen) atoms. The second kappa shape index (κ2) is 12.4. The van der Waals surface area contributed by atoms with Crippen LogP contribution in [0.1, 0.15) is 38.3 Å². The van der Waals surface area contributed by atoms with Crippen molar-refractivity contribution < 1.29 is 23.9 Å². The molecule has 7 heteroatoms. The Labute approximate surface area is 183 Å².